The van der Waals surface area contributed by atoms with E-state index in [2.05, 4.69) is 4.98 Å². The summed E-state index contributed by atoms with van der Waals surface area (Å²) < 4.78 is 25.3. The fourth-order valence-corrected chi connectivity index (χ4v) is 2.88. The Bertz CT molecular complexity index is 929. The third-order valence-electron chi connectivity index (χ3n) is 4.16. The summed E-state index contributed by atoms with van der Waals surface area (Å²) in [4.78, 5) is 16.3. The molecule has 1 N–H and O–H groups in total. The predicted octanol–water partition coefficient (Wildman–Crippen LogP) is 4.27. The standard InChI is InChI=1S/C17H15FO3S.C5H5N.CH4O.W/c1-10-16-13(15(19)6-7-20-16)8-14(18)17(10)21-9-11-2-4-12(22)5-3-11;1-2-4-6-5-3-1;1-2;/h2-5,8,22H,6-7,9H2,1H3;1-5H;2H,1H3;/p-1. The van der Waals surface area contributed by atoms with Crippen LogP contribution in [0, 0.1) is 12.7 Å². The Morgan fingerprint density at radius 3 is 2.35 bits per heavy atom. The first kappa shape index (κ1) is 26.7. The smallest absolute Gasteiger partial charge is 0.170 e. The Kier molecular flexibility index (Phi) is 11.9. The van der Waals surface area contributed by atoms with Gasteiger partial charge >= 0.3 is 0 Å². The number of ether oxygens (including phenoxy) is 2. The molecule has 0 saturated carbocycles. The first-order valence-electron chi connectivity index (χ1n) is 9.24. The Morgan fingerprint density at radius 2 is 1.81 bits per heavy atom. The number of hydrogen-bond donors (Lipinski definition) is 1. The molecule has 0 aliphatic carbocycles. The second-order valence-corrected chi connectivity index (χ2v) is 6.64. The van der Waals surface area contributed by atoms with Crippen LogP contribution in [0.25, 0.3) is 0 Å². The molecule has 0 unspecified atom stereocenters. The molecule has 0 radical (unpaired) electrons. The number of pyridine rings is 1. The summed E-state index contributed by atoms with van der Waals surface area (Å²) in [5.74, 6) is -0.102. The van der Waals surface area contributed by atoms with Gasteiger partial charge in [0, 0.05) is 52.6 Å². The number of Topliss-reactive ketones (excluding diaryl/α,β-unsaturated/α-hetero) is 1. The van der Waals surface area contributed by atoms with E-state index >= 15 is 0 Å². The zero-order valence-electron chi connectivity index (χ0n) is 17.2. The minimum absolute atomic E-state index is 0. The van der Waals surface area contributed by atoms with E-state index in [1.54, 1.807) is 31.5 Å². The minimum Gasteiger partial charge on any atom is -0.780 e. The first-order valence-corrected chi connectivity index (χ1v) is 9.64. The van der Waals surface area contributed by atoms with Gasteiger partial charge in [0.2, 0.25) is 0 Å². The number of aliphatic hydroxyl groups excluding tert-OH is 1. The number of fused-ring (bicyclic) bond motifs is 1. The second kappa shape index (κ2) is 13.9. The van der Waals surface area contributed by atoms with Crippen LogP contribution in [-0.2, 0) is 40.3 Å². The van der Waals surface area contributed by atoms with E-state index in [1.165, 1.54) is 6.07 Å². The number of nitrogens with zero attached hydrogens (tertiary/aromatic N) is 1. The summed E-state index contributed by atoms with van der Waals surface area (Å²) in [5.41, 5.74) is 1.70. The molecule has 0 bridgehead atoms. The van der Waals surface area contributed by atoms with Crippen molar-refractivity contribution in [3.05, 3.63) is 83.4 Å². The number of aliphatic hydroxyl groups is 1. The molecular formula is C23H23FNO4SW-. The van der Waals surface area contributed by atoms with Crippen LogP contribution >= 0.6 is 0 Å². The molecule has 31 heavy (non-hydrogen) atoms. The number of carbonyl (C=O) groups excluding carboxylic acids is 1. The summed E-state index contributed by atoms with van der Waals surface area (Å²) >= 11 is 5.02. The second-order valence-electron chi connectivity index (χ2n) is 6.17. The summed E-state index contributed by atoms with van der Waals surface area (Å²) in [5, 5.41) is 7.00. The van der Waals surface area contributed by atoms with Gasteiger partial charge in [0.15, 0.2) is 17.3 Å². The maximum atomic E-state index is 14.2. The Labute approximate surface area is 201 Å². The molecule has 0 atom stereocenters. The van der Waals surface area contributed by atoms with Crippen LogP contribution in [0.2, 0.25) is 0 Å². The molecule has 5 nitrogen and oxygen atoms in total. The van der Waals surface area contributed by atoms with Gasteiger partial charge in [-0.3, -0.25) is 9.78 Å². The monoisotopic (exact) mass is 612 g/mol. The molecule has 0 fully saturated rings. The normalized spacial score (nSPS) is 11.3. The fourth-order valence-electron chi connectivity index (χ4n) is 2.75. The van der Waals surface area contributed by atoms with Crippen molar-refractivity contribution in [2.75, 3.05) is 13.7 Å². The quantitative estimate of drug-likeness (QED) is 0.446. The molecule has 4 rings (SSSR count). The number of rotatable bonds is 3. The Hall–Kier alpha value is -2.34. The van der Waals surface area contributed by atoms with Crippen molar-refractivity contribution in [3.63, 3.8) is 0 Å². The van der Waals surface area contributed by atoms with Crippen molar-refractivity contribution in [2.45, 2.75) is 24.8 Å². The molecule has 2 aromatic carbocycles. The Morgan fingerprint density at radius 1 is 1.16 bits per heavy atom. The first-order chi connectivity index (χ1) is 14.6. The van der Waals surface area contributed by atoms with E-state index in [9.17, 15) is 9.18 Å². The summed E-state index contributed by atoms with van der Waals surface area (Å²) in [7, 11) is 1.00. The molecule has 0 amide bonds. The summed E-state index contributed by atoms with van der Waals surface area (Å²) in [6.07, 6.45) is 3.78. The van der Waals surface area contributed by atoms with Crippen molar-refractivity contribution in [1.82, 2.24) is 4.98 Å². The van der Waals surface area contributed by atoms with Gasteiger partial charge in [-0.2, -0.15) is 4.90 Å². The number of halogens is 1. The molecule has 0 spiro atoms. The number of carbonyl (C=O) groups is 1. The van der Waals surface area contributed by atoms with E-state index in [4.69, 9.17) is 27.2 Å². The zero-order chi connectivity index (χ0) is 21.9. The van der Waals surface area contributed by atoms with Crippen molar-refractivity contribution >= 4 is 18.4 Å². The Balaban J connectivity index is 0.000000456. The van der Waals surface area contributed by atoms with Crippen LogP contribution in [0.15, 0.2) is 65.8 Å². The van der Waals surface area contributed by atoms with E-state index in [0.29, 0.717) is 23.5 Å². The van der Waals surface area contributed by atoms with E-state index in [1.807, 2.05) is 30.3 Å². The third-order valence-corrected chi connectivity index (χ3v) is 4.43. The zero-order valence-corrected chi connectivity index (χ0v) is 21.0. The van der Waals surface area contributed by atoms with Crippen molar-refractivity contribution < 1.29 is 44.8 Å². The summed E-state index contributed by atoms with van der Waals surface area (Å²) in [6.45, 7) is 2.24. The van der Waals surface area contributed by atoms with Gasteiger partial charge in [-0.1, -0.05) is 30.3 Å². The van der Waals surface area contributed by atoms with Crippen LogP contribution < -0.4 is 9.47 Å². The number of benzene rings is 2. The largest absolute Gasteiger partial charge is 0.780 e. The van der Waals surface area contributed by atoms with Crippen LogP contribution in [0.4, 0.5) is 4.39 Å². The van der Waals surface area contributed by atoms with Gasteiger partial charge < -0.3 is 27.2 Å². The minimum atomic E-state index is -0.546. The van der Waals surface area contributed by atoms with Gasteiger partial charge in [-0.25, -0.2) is 4.39 Å². The van der Waals surface area contributed by atoms with Gasteiger partial charge in [-0.05, 0) is 30.7 Å². The van der Waals surface area contributed by atoms with E-state index in [-0.39, 0.29) is 45.6 Å². The van der Waals surface area contributed by atoms with Crippen LogP contribution in [0.3, 0.4) is 0 Å². The van der Waals surface area contributed by atoms with Crippen molar-refractivity contribution in [1.29, 1.82) is 0 Å². The molecule has 164 valence electrons. The van der Waals surface area contributed by atoms with E-state index < -0.39 is 5.82 Å². The topological polar surface area (TPSA) is 68.7 Å². The fraction of sp³-hybridized carbons (Fsp3) is 0.217. The van der Waals surface area contributed by atoms with Gasteiger partial charge in [0.1, 0.15) is 12.4 Å². The van der Waals surface area contributed by atoms with Gasteiger partial charge in [-0.15, -0.1) is 0 Å². The van der Waals surface area contributed by atoms with E-state index in [0.717, 1.165) is 17.6 Å². The maximum absolute atomic E-state index is 14.2. The average molecular weight is 612 g/mol. The third kappa shape index (κ3) is 7.69. The number of ketones is 1. The van der Waals surface area contributed by atoms with Crippen molar-refractivity contribution in [2.24, 2.45) is 0 Å². The number of aromatic nitrogens is 1. The molecule has 8 heteroatoms. The molecule has 1 aliphatic rings. The van der Waals surface area contributed by atoms with Crippen LogP contribution in [-0.4, -0.2) is 29.6 Å². The summed E-state index contributed by atoms with van der Waals surface area (Å²) in [6, 6.07) is 14.2. The van der Waals surface area contributed by atoms with Gasteiger partial charge in [0.05, 0.1) is 12.2 Å². The molecular weight excluding hydrogens is 589 g/mol. The molecule has 1 aromatic heterocycles. The molecule has 3 aromatic rings. The van der Waals surface area contributed by atoms with Crippen molar-refractivity contribution in [3.8, 4) is 11.5 Å². The van der Waals surface area contributed by atoms with Gasteiger partial charge in [0.25, 0.3) is 0 Å². The van der Waals surface area contributed by atoms with Crippen LogP contribution in [0.1, 0.15) is 27.9 Å². The molecule has 2 heterocycles. The number of hydrogen-bond acceptors (Lipinski definition) is 6. The average Bonchev–Trinajstić information content (AvgIpc) is 2.79. The molecule has 1 aliphatic heterocycles. The molecule has 0 saturated heterocycles. The maximum Gasteiger partial charge on any atom is 0.170 e. The van der Waals surface area contributed by atoms with Crippen LogP contribution in [0.5, 0.6) is 11.5 Å². The SMILES string of the molecule is CO.Cc1c(OCc2ccc([S-])cc2)c(F)cc2c1OCCC2=O.[W].c1ccncc1. The predicted molar refractivity (Wildman–Crippen MR) is 114 cm³/mol.